The molecule has 0 fully saturated rings. The fraction of sp³-hybridized carbons (Fsp3) is 0.556. The zero-order chi connectivity index (χ0) is 16.2. The second kappa shape index (κ2) is 7.16. The predicted molar refractivity (Wildman–Crippen MR) is 84.4 cm³/mol. The smallest absolute Gasteiger partial charge is 0.214 e. The predicted octanol–water partition coefficient (Wildman–Crippen LogP) is 2.96. The van der Waals surface area contributed by atoms with Crippen molar-refractivity contribution in [2.45, 2.75) is 51.6 Å². The number of unbranched alkanes of at least 4 members (excludes halogenated alkanes) is 2. The van der Waals surface area contributed by atoms with Gasteiger partial charge in [-0.2, -0.15) is 0 Å². The van der Waals surface area contributed by atoms with Crippen LogP contribution in [0.3, 0.4) is 0 Å². The average molecular weight is 304 g/mol. The Morgan fingerprint density at radius 1 is 1.09 bits per heavy atom. The number of hydrogen-bond donors (Lipinski definition) is 1. The summed E-state index contributed by atoms with van der Waals surface area (Å²) in [5.41, 5.74) is -0.469. The number of aryl methyl sites for hydroxylation is 1. The molecule has 1 aliphatic carbocycles. The summed E-state index contributed by atoms with van der Waals surface area (Å²) in [6.07, 6.45) is 4.50. The third kappa shape index (κ3) is 2.99. The molecule has 0 bridgehead atoms. The van der Waals surface area contributed by atoms with Gasteiger partial charge in [0.25, 0.3) is 0 Å². The molecule has 1 N–H and O–H groups in total. The van der Waals surface area contributed by atoms with E-state index in [9.17, 15) is 14.7 Å². The number of Topliss-reactive ketones (excluding diaryl/α,β-unsaturated/α-hetero) is 2. The first kappa shape index (κ1) is 16.8. The van der Waals surface area contributed by atoms with E-state index in [2.05, 4.69) is 6.92 Å². The normalized spacial score (nSPS) is 20.5. The van der Waals surface area contributed by atoms with Gasteiger partial charge in [0.2, 0.25) is 17.2 Å². The van der Waals surface area contributed by atoms with Crippen LogP contribution in [0.25, 0.3) is 0 Å². The molecule has 120 valence electrons. The van der Waals surface area contributed by atoms with Crippen LogP contribution < -0.4 is 0 Å². The van der Waals surface area contributed by atoms with E-state index in [1.807, 2.05) is 13.0 Å². The van der Waals surface area contributed by atoms with Crippen LogP contribution in [0, 0.1) is 0 Å². The Balaban J connectivity index is 2.24. The van der Waals surface area contributed by atoms with Gasteiger partial charge in [0.15, 0.2) is 0 Å². The molecular formula is C18H24O4. The Bertz CT molecular complexity index is 564. The zero-order valence-electron chi connectivity index (χ0n) is 13.4. The van der Waals surface area contributed by atoms with Crippen molar-refractivity contribution in [3.05, 3.63) is 34.9 Å². The number of benzene rings is 1. The third-order valence-corrected chi connectivity index (χ3v) is 4.13. The maximum Gasteiger partial charge on any atom is 0.214 e. The van der Waals surface area contributed by atoms with Crippen molar-refractivity contribution in [3.8, 4) is 0 Å². The Kier molecular flexibility index (Phi) is 5.48. The van der Waals surface area contributed by atoms with E-state index in [4.69, 9.17) is 4.74 Å². The van der Waals surface area contributed by atoms with E-state index in [0.717, 1.165) is 37.7 Å². The molecular weight excluding hydrogens is 280 g/mol. The lowest BCUT2D eigenvalue weighted by Crippen LogP contribution is -2.46. The summed E-state index contributed by atoms with van der Waals surface area (Å²) in [6.45, 7) is 4.29. The Morgan fingerprint density at radius 3 is 2.50 bits per heavy atom. The maximum absolute atomic E-state index is 12.6. The van der Waals surface area contributed by atoms with Crippen LogP contribution in [0.1, 0.15) is 65.8 Å². The lowest BCUT2D eigenvalue weighted by molar-refractivity contribution is -0.0134. The first-order chi connectivity index (χ1) is 10.6. The molecule has 4 heteroatoms. The number of ketones is 2. The first-order valence-electron chi connectivity index (χ1n) is 8.07. The van der Waals surface area contributed by atoms with E-state index >= 15 is 0 Å². The van der Waals surface area contributed by atoms with Gasteiger partial charge in [0, 0.05) is 17.7 Å². The van der Waals surface area contributed by atoms with Gasteiger partial charge >= 0.3 is 0 Å². The number of fused-ring (bicyclic) bond motifs is 1. The minimum Gasteiger partial charge on any atom is -0.377 e. The molecule has 1 aromatic carbocycles. The molecule has 0 radical (unpaired) electrons. The van der Waals surface area contributed by atoms with Crippen molar-refractivity contribution in [3.63, 3.8) is 0 Å². The fourth-order valence-corrected chi connectivity index (χ4v) is 2.76. The van der Waals surface area contributed by atoms with Crippen LogP contribution in [0.15, 0.2) is 18.2 Å². The molecule has 22 heavy (non-hydrogen) atoms. The van der Waals surface area contributed by atoms with Crippen molar-refractivity contribution in [1.29, 1.82) is 0 Å². The molecule has 0 amide bonds. The molecule has 2 rings (SSSR count). The molecule has 1 unspecified atom stereocenters. The molecule has 0 saturated carbocycles. The van der Waals surface area contributed by atoms with Gasteiger partial charge in [0.1, 0.15) is 0 Å². The second-order valence-corrected chi connectivity index (χ2v) is 5.87. The van der Waals surface area contributed by atoms with Gasteiger partial charge in [-0.3, -0.25) is 9.59 Å². The molecule has 0 saturated heterocycles. The van der Waals surface area contributed by atoms with Crippen LogP contribution in [-0.4, -0.2) is 35.5 Å². The van der Waals surface area contributed by atoms with Gasteiger partial charge < -0.3 is 9.84 Å². The highest BCUT2D eigenvalue weighted by atomic mass is 16.5. The Labute approximate surface area is 131 Å². The number of ether oxygens (including phenoxy) is 1. The van der Waals surface area contributed by atoms with E-state index in [1.54, 1.807) is 12.1 Å². The molecule has 0 spiro atoms. The number of rotatable bonds is 8. The van der Waals surface area contributed by atoms with Crippen molar-refractivity contribution in [2.75, 3.05) is 13.2 Å². The summed E-state index contributed by atoms with van der Waals surface area (Å²) < 4.78 is 5.36. The largest absolute Gasteiger partial charge is 0.377 e. The highest BCUT2D eigenvalue weighted by molar-refractivity contribution is 6.32. The molecule has 0 aliphatic heterocycles. The monoisotopic (exact) mass is 304 g/mol. The lowest BCUT2D eigenvalue weighted by Gasteiger charge is -2.19. The zero-order valence-corrected chi connectivity index (χ0v) is 13.4. The molecule has 1 aliphatic rings. The Morgan fingerprint density at radius 2 is 1.82 bits per heavy atom. The molecule has 0 heterocycles. The van der Waals surface area contributed by atoms with Gasteiger partial charge in [-0.1, -0.05) is 44.9 Å². The van der Waals surface area contributed by atoms with Gasteiger partial charge in [0.05, 0.1) is 6.61 Å². The van der Waals surface area contributed by atoms with Crippen molar-refractivity contribution >= 4 is 11.6 Å². The summed E-state index contributed by atoms with van der Waals surface area (Å²) in [5.74, 6) is -1.03. The quantitative estimate of drug-likeness (QED) is 0.592. The lowest BCUT2D eigenvalue weighted by atomic mass is 9.96. The standard InChI is InChI=1S/C18H24O4/c1-3-5-8-13-9-7-10-14-15(13)17(20)18(21,16(14)19)12-22-11-6-4-2/h7,9-10,21H,3-6,8,11-12H2,1-2H3. The molecule has 1 aromatic rings. The summed E-state index contributed by atoms with van der Waals surface area (Å²) >= 11 is 0. The molecule has 4 nitrogen and oxygen atoms in total. The summed E-state index contributed by atoms with van der Waals surface area (Å²) in [5, 5.41) is 10.6. The van der Waals surface area contributed by atoms with E-state index in [-0.39, 0.29) is 6.61 Å². The highest BCUT2D eigenvalue weighted by Crippen LogP contribution is 2.33. The van der Waals surface area contributed by atoms with Gasteiger partial charge in [-0.05, 0) is 24.8 Å². The Hall–Kier alpha value is -1.52. The van der Waals surface area contributed by atoms with E-state index in [1.165, 1.54) is 0 Å². The van der Waals surface area contributed by atoms with Crippen LogP contribution in [0.5, 0.6) is 0 Å². The van der Waals surface area contributed by atoms with E-state index in [0.29, 0.717) is 17.7 Å². The summed E-state index contributed by atoms with van der Waals surface area (Å²) in [6, 6.07) is 5.26. The maximum atomic E-state index is 12.6. The second-order valence-electron chi connectivity index (χ2n) is 5.87. The summed E-state index contributed by atoms with van der Waals surface area (Å²) in [7, 11) is 0. The number of hydrogen-bond acceptors (Lipinski definition) is 4. The van der Waals surface area contributed by atoms with E-state index < -0.39 is 17.2 Å². The number of aliphatic hydroxyl groups is 1. The van der Waals surface area contributed by atoms with Crippen molar-refractivity contribution < 1.29 is 19.4 Å². The minimum absolute atomic E-state index is 0.257. The third-order valence-electron chi connectivity index (χ3n) is 4.13. The van der Waals surface area contributed by atoms with Crippen molar-refractivity contribution in [1.82, 2.24) is 0 Å². The summed E-state index contributed by atoms with van der Waals surface area (Å²) in [4.78, 5) is 25.1. The molecule has 1 atom stereocenters. The molecule has 0 aromatic heterocycles. The van der Waals surface area contributed by atoms with Gasteiger partial charge in [-0.15, -0.1) is 0 Å². The van der Waals surface area contributed by atoms with Crippen molar-refractivity contribution in [2.24, 2.45) is 0 Å². The fourth-order valence-electron chi connectivity index (χ4n) is 2.76. The minimum atomic E-state index is -2.04. The number of carbonyl (C=O) groups is 2. The van der Waals surface area contributed by atoms with Crippen LogP contribution >= 0.6 is 0 Å². The topological polar surface area (TPSA) is 63.6 Å². The van der Waals surface area contributed by atoms with Gasteiger partial charge in [-0.25, -0.2) is 0 Å². The highest BCUT2D eigenvalue weighted by Gasteiger charge is 2.52. The number of carbonyl (C=O) groups excluding carboxylic acids is 2. The average Bonchev–Trinajstić information content (AvgIpc) is 2.72. The van der Waals surface area contributed by atoms with Crippen LogP contribution in [0.4, 0.5) is 0 Å². The van der Waals surface area contributed by atoms with Crippen LogP contribution in [0.2, 0.25) is 0 Å². The SMILES string of the molecule is CCCCOCC1(O)C(=O)c2cccc(CCCC)c2C1=O. The first-order valence-corrected chi connectivity index (χ1v) is 8.07. The van der Waals surface area contributed by atoms with Crippen LogP contribution in [-0.2, 0) is 11.2 Å².